The number of nitrogens with zero attached hydrogens (tertiary/aromatic N) is 1. The van der Waals surface area contributed by atoms with Crippen LogP contribution in [0.3, 0.4) is 0 Å². The van der Waals surface area contributed by atoms with Gasteiger partial charge in [0.25, 0.3) is 5.56 Å². The second-order valence-corrected chi connectivity index (χ2v) is 5.63. The number of hydrogen-bond donors (Lipinski definition) is 2. The van der Waals surface area contributed by atoms with E-state index >= 15 is 0 Å². The Kier molecular flexibility index (Phi) is 4.41. The van der Waals surface area contributed by atoms with E-state index in [1.54, 1.807) is 30.3 Å². The number of benzene rings is 2. The first kappa shape index (κ1) is 17.5. The van der Waals surface area contributed by atoms with E-state index in [9.17, 15) is 22.8 Å². The van der Waals surface area contributed by atoms with Crippen LogP contribution in [0.15, 0.2) is 59.4 Å². The van der Waals surface area contributed by atoms with Crippen LogP contribution >= 0.6 is 0 Å². The van der Waals surface area contributed by atoms with E-state index in [0.29, 0.717) is 11.8 Å². The maximum atomic E-state index is 13.3. The summed E-state index contributed by atoms with van der Waals surface area (Å²) in [6.07, 6.45) is -4.68. The molecule has 0 aliphatic carbocycles. The lowest BCUT2D eigenvalue weighted by Gasteiger charge is -2.14. The third-order valence-electron chi connectivity index (χ3n) is 3.84. The zero-order valence-electron chi connectivity index (χ0n) is 13.6. The molecule has 2 amide bonds. The number of fused-ring (bicyclic) bond motifs is 1. The van der Waals surface area contributed by atoms with E-state index in [0.717, 1.165) is 4.57 Å². The van der Waals surface area contributed by atoms with E-state index in [-0.39, 0.29) is 16.6 Å². The summed E-state index contributed by atoms with van der Waals surface area (Å²) in [7, 11) is 1.39. The predicted molar refractivity (Wildman–Crippen MR) is 93.3 cm³/mol. The van der Waals surface area contributed by atoms with Crippen molar-refractivity contribution in [1.82, 2.24) is 4.57 Å². The minimum absolute atomic E-state index is 0.124. The SMILES string of the molecule is Cn1c(=O)cc(C(F)(F)F)c2cc(NC(=O)Nc3ccccc3)ccc21. The lowest BCUT2D eigenvalue weighted by atomic mass is 10.1. The van der Waals surface area contributed by atoms with Crippen molar-refractivity contribution in [3.63, 3.8) is 0 Å². The van der Waals surface area contributed by atoms with Gasteiger partial charge in [0.05, 0.1) is 11.1 Å². The normalized spacial score (nSPS) is 11.4. The fourth-order valence-electron chi connectivity index (χ4n) is 2.59. The van der Waals surface area contributed by atoms with E-state index in [1.807, 2.05) is 0 Å². The van der Waals surface area contributed by atoms with Crippen molar-refractivity contribution >= 4 is 28.3 Å². The van der Waals surface area contributed by atoms with Gasteiger partial charge in [0.15, 0.2) is 0 Å². The molecule has 2 aromatic carbocycles. The number of rotatable bonds is 2. The number of anilines is 2. The number of carbonyl (C=O) groups excluding carboxylic acids is 1. The van der Waals surface area contributed by atoms with Crippen LogP contribution in [0.1, 0.15) is 5.56 Å². The summed E-state index contributed by atoms with van der Waals surface area (Å²) in [6.45, 7) is 0. The quantitative estimate of drug-likeness (QED) is 0.719. The molecule has 26 heavy (non-hydrogen) atoms. The number of alkyl halides is 3. The van der Waals surface area contributed by atoms with Gasteiger partial charge < -0.3 is 15.2 Å². The Bertz CT molecular complexity index is 1030. The minimum Gasteiger partial charge on any atom is -0.311 e. The average Bonchev–Trinajstić information content (AvgIpc) is 2.58. The standard InChI is InChI=1S/C18H14F3N3O2/c1-24-15-8-7-12(23-17(26)22-11-5-3-2-4-6-11)9-13(15)14(10-16(24)25)18(19,20)21/h2-10H,1H3,(H2,22,23,26). The highest BCUT2D eigenvalue weighted by Crippen LogP contribution is 2.34. The van der Waals surface area contributed by atoms with Gasteiger partial charge in [0, 0.05) is 29.9 Å². The van der Waals surface area contributed by atoms with Crippen LogP contribution in [-0.4, -0.2) is 10.6 Å². The van der Waals surface area contributed by atoms with E-state index in [1.165, 1.54) is 25.2 Å². The van der Waals surface area contributed by atoms with Crippen molar-refractivity contribution in [1.29, 1.82) is 0 Å². The number of hydrogen-bond acceptors (Lipinski definition) is 2. The molecule has 134 valence electrons. The van der Waals surface area contributed by atoms with Gasteiger partial charge in [-0.25, -0.2) is 4.79 Å². The zero-order chi connectivity index (χ0) is 18.9. The Balaban J connectivity index is 1.97. The van der Waals surface area contributed by atoms with Gasteiger partial charge in [-0.2, -0.15) is 13.2 Å². The Morgan fingerprint density at radius 1 is 0.962 bits per heavy atom. The maximum absolute atomic E-state index is 13.3. The van der Waals surface area contributed by atoms with E-state index in [2.05, 4.69) is 10.6 Å². The molecule has 3 aromatic rings. The fraction of sp³-hybridized carbons (Fsp3) is 0.111. The molecule has 8 heteroatoms. The average molecular weight is 361 g/mol. The molecule has 0 fully saturated rings. The molecule has 5 nitrogen and oxygen atoms in total. The van der Waals surface area contributed by atoms with Crippen LogP contribution in [0.4, 0.5) is 29.3 Å². The smallest absolute Gasteiger partial charge is 0.311 e. The van der Waals surface area contributed by atoms with Gasteiger partial charge in [0.2, 0.25) is 0 Å². The van der Waals surface area contributed by atoms with Crippen LogP contribution in [0.2, 0.25) is 0 Å². The van der Waals surface area contributed by atoms with Crippen LogP contribution in [-0.2, 0) is 13.2 Å². The molecule has 0 unspecified atom stereocenters. The zero-order valence-corrected chi connectivity index (χ0v) is 13.6. The van der Waals surface area contributed by atoms with Crippen LogP contribution in [0.25, 0.3) is 10.9 Å². The van der Waals surface area contributed by atoms with Gasteiger partial charge >= 0.3 is 12.2 Å². The second kappa shape index (κ2) is 6.55. The van der Waals surface area contributed by atoms with Gasteiger partial charge in [-0.3, -0.25) is 4.79 Å². The molecule has 0 saturated heterocycles. The van der Waals surface area contributed by atoms with Crippen molar-refractivity contribution < 1.29 is 18.0 Å². The molecule has 1 heterocycles. The molecule has 2 N–H and O–H groups in total. The first-order valence-electron chi connectivity index (χ1n) is 7.60. The summed E-state index contributed by atoms with van der Waals surface area (Å²) in [5, 5.41) is 4.90. The number of carbonyl (C=O) groups is 1. The number of aromatic nitrogens is 1. The molecule has 0 saturated carbocycles. The highest BCUT2D eigenvalue weighted by atomic mass is 19.4. The van der Waals surface area contributed by atoms with Crippen molar-refractivity contribution in [3.8, 4) is 0 Å². The summed E-state index contributed by atoms with van der Waals surface area (Å²) in [5.41, 5.74) is -0.951. The first-order chi connectivity index (χ1) is 12.3. The fourth-order valence-corrected chi connectivity index (χ4v) is 2.59. The number of urea groups is 1. The molecule has 0 radical (unpaired) electrons. The summed E-state index contributed by atoms with van der Waals surface area (Å²) in [4.78, 5) is 23.8. The van der Waals surface area contributed by atoms with Crippen molar-refractivity contribution in [2.75, 3.05) is 10.6 Å². The summed E-state index contributed by atoms with van der Waals surface area (Å²) in [5.74, 6) is 0. The van der Waals surface area contributed by atoms with E-state index in [4.69, 9.17) is 0 Å². The molecule has 0 spiro atoms. The second-order valence-electron chi connectivity index (χ2n) is 5.63. The van der Waals surface area contributed by atoms with Crippen molar-refractivity contribution in [2.24, 2.45) is 7.05 Å². The molecular weight excluding hydrogens is 347 g/mol. The van der Waals surface area contributed by atoms with Crippen LogP contribution in [0.5, 0.6) is 0 Å². The number of amides is 2. The number of nitrogens with one attached hydrogen (secondary N) is 2. The number of pyridine rings is 1. The monoisotopic (exact) mass is 361 g/mol. The minimum atomic E-state index is -4.68. The van der Waals surface area contributed by atoms with E-state index < -0.39 is 23.3 Å². The molecule has 3 rings (SSSR count). The largest absolute Gasteiger partial charge is 0.417 e. The van der Waals surface area contributed by atoms with Crippen molar-refractivity contribution in [2.45, 2.75) is 6.18 Å². The van der Waals surface area contributed by atoms with Gasteiger partial charge in [-0.1, -0.05) is 18.2 Å². The number of para-hydroxylation sites is 1. The highest BCUT2D eigenvalue weighted by Gasteiger charge is 2.33. The molecule has 0 aliphatic rings. The molecule has 0 aliphatic heterocycles. The van der Waals surface area contributed by atoms with Gasteiger partial charge in [-0.05, 0) is 30.3 Å². The summed E-state index contributed by atoms with van der Waals surface area (Å²) < 4.78 is 40.9. The van der Waals surface area contributed by atoms with Crippen LogP contribution < -0.4 is 16.2 Å². The maximum Gasteiger partial charge on any atom is 0.417 e. The Morgan fingerprint density at radius 2 is 1.62 bits per heavy atom. The number of aryl methyl sites for hydroxylation is 1. The topological polar surface area (TPSA) is 63.1 Å². The summed E-state index contributed by atoms with van der Waals surface area (Å²) >= 11 is 0. The third-order valence-corrected chi connectivity index (χ3v) is 3.84. The lowest BCUT2D eigenvalue weighted by Crippen LogP contribution is -2.21. The van der Waals surface area contributed by atoms with Gasteiger partial charge in [-0.15, -0.1) is 0 Å². The Labute approximate surface area is 146 Å². The third kappa shape index (κ3) is 3.53. The molecule has 1 aromatic heterocycles. The lowest BCUT2D eigenvalue weighted by molar-refractivity contribution is -0.136. The Morgan fingerprint density at radius 3 is 2.27 bits per heavy atom. The summed E-state index contributed by atoms with van der Waals surface area (Å²) in [6, 6.07) is 12.6. The highest BCUT2D eigenvalue weighted by molar-refractivity contribution is 6.01. The number of halogens is 3. The molecule has 0 atom stereocenters. The molecule has 0 bridgehead atoms. The van der Waals surface area contributed by atoms with Crippen LogP contribution in [0, 0.1) is 0 Å². The Hall–Kier alpha value is -3.29. The van der Waals surface area contributed by atoms with Crippen molar-refractivity contribution in [3.05, 3.63) is 70.5 Å². The van der Waals surface area contributed by atoms with Gasteiger partial charge in [0.1, 0.15) is 0 Å². The predicted octanol–water partition coefficient (Wildman–Crippen LogP) is 4.20. The molecular formula is C18H14F3N3O2. The first-order valence-corrected chi connectivity index (χ1v) is 7.60.